The van der Waals surface area contributed by atoms with Crippen molar-refractivity contribution in [2.75, 3.05) is 0 Å². The minimum Gasteiger partial charge on any atom is -0.456 e. The highest BCUT2D eigenvalue weighted by Gasteiger charge is 2.09. The zero-order valence-electron chi connectivity index (χ0n) is 10.4. The molecular formula is C14H10BrCl2NOS. The van der Waals surface area contributed by atoms with Crippen LogP contribution in [-0.4, -0.2) is 4.99 Å². The highest BCUT2D eigenvalue weighted by Crippen LogP contribution is 2.36. The summed E-state index contributed by atoms with van der Waals surface area (Å²) in [6, 6.07) is 8.80. The van der Waals surface area contributed by atoms with Crippen LogP contribution in [0.4, 0.5) is 0 Å². The van der Waals surface area contributed by atoms with Crippen LogP contribution >= 0.6 is 51.3 Å². The second-order valence-electron chi connectivity index (χ2n) is 4.14. The lowest BCUT2D eigenvalue weighted by atomic mass is 10.1. The molecule has 0 bridgehead atoms. The van der Waals surface area contributed by atoms with Gasteiger partial charge >= 0.3 is 0 Å². The molecule has 0 aliphatic heterocycles. The fourth-order valence-corrected chi connectivity index (χ4v) is 2.75. The zero-order chi connectivity index (χ0) is 14.9. The molecule has 2 aromatic carbocycles. The van der Waals surface area contributed by atoms with Crippen LogP contribution < -0.4 is 10.5 Å². The average Bonchev–Trinajstić information content (AvgIpc) is 2.35. The average molecular weight is 391 g/mol. The van der Waals surface area contributed by atoms with Gasteiger partial charge in [-0.3, -0.25) is 0 Å². The quantitative estimate of drug-likeness (QED) is 0.555. The lowest BCUT2D eigenvalue weighted by Gasteiger charge is -2.11. The first kappa shape index (κ1) is 15.6. The van der Waals surface area contributed by atoms with E-state index in [1.165, 1.54) is 0 Å². The molecule has 0 saturated carbocycles. The van der Waals surface area contributed by atoms with Gasteiger partial charge in [-0.25, -0.2) is 0 Å². The minimum absolute atomic E-state index is 0.360. The van der Waals surface area contributed by atoms with Crippen molar-refractivity contribution < 1.29 is 4.74 Å². The number of nitrogens with two attached hydrogens (primary N) is 1. The Balaban J connectivity index is 2.33. The van der Waals surface area contributed by atoms with Crippen molar-refractivity contribution in [3.05, 3.63) is 56.0 Å². The van der Waals surface area contributed by atoms with Crippen LogP contribution in [0.2, 0.25) is 10.0 Å². The molecule has 0 heterocycles. The molecule has 104 valence electrons. The van der Waals surface area contributed by atoms with Gasteiger partial charge in [0.2, 0.25) is 0 Å². The molecular weight excluding hydrogens is 381 g/mol. The van der Waals surface area contributed by atoms with Crippen LogP contribution in [-0.2, 0) is 0 Å². The largest absolute Gasteiger partial charge is 0.456 e. The van der Waals surface area contributed by atoms with E-state index in [9.17, 15) is 0 Å². The molecule has 6 heteroatoms. The summed E-state index contributed by atoms with van der Waals surface area (Å²) >= 11 is 20.4. The fraction of sp³-hybridized carbons (Fsp3) is 0.0714. The molecule has 0 aliphatic carbocycles. The number of rotatable bonds is 3. The fourth-order valence-electron chi connectivity index (χ4n) is 1.69. The highest BCUT2D eigenvalue weighted by atomic mass is 79.9. The van der Waals surface area contributed by atoms with E-state index < -0.39 is 0 Å². The van der Waals surface area contributed by atoms with E-state index >= 15 is 0 Å². The highest BCUT2D eigenvalue weighted by molar-refractivity contribution is 9.10. The van der Waals surface area contributed by atoms with E-state index in [4.69, 9.17) is 45.9 Å². The molecule has 0 unspecified atom stereocenters. The van der Waals surface area contributed by atoms with Crippen molar-refractivity contribution in [1.82, 2.24) is 0 Å². The standard InChI is InChI=1S/C14H10BrCl2NOS/c1-7-4-8(2-3-9(7)14(18)20)19-13-6-11(16)10(15)5-12(13)17/h2-6H,1H3,(H2,18,20). The summed E-state index contributed by atoms with van der Waals surface area (Å²) in [5, 5.41) is 0.998. The minimum atomic E-state index is 0.360. The SMILES string of the molecule is Cc1cc(Oc2cc(Cl)c(Br)cc2Cl)ccc1C(N)=S. The van der Waals surface area contributed by atoms with Gasteiger partial charge in [-0.2, -0.15) is 0 Å². The van der Waals surface area contributed by atoms with E-state index in [-0.39, 0.29) is 0 Å². The third kappa shape index (κ3) is 3.44. The molecule has 0 radical (unpaired) electrons. The summed E-state index contributed by atoms with van der Waals surface area (Å²) < 4.78 is 6.46. The molecule has 2 rings (SSSR count). The van der Waals surface area contributed by atoms with Crippen molar-refractivity contribution in [3.8, 4) is 11.5 Å². The van der Waals surface area contributed by atoms with Gasteiger partial charge < -0.3 is 10.5 Å². The van der Waals surface area contributed by atoms with Crippen molar-refractivity contribution in [1.29, 1.82) is 0 Å². The van der Waals surface area contributed by atoms with Crippen LogP contribution in [0.1, 0.15) is 11.1 Å². The van der Waals surface area contributed by atoms with Gasteiger partial charge in [0.25, 0.3) is 0 Å². The van der Waals surface area contributed by atoms with E-state index in [1.807, 2.05) is 19.1 Å². The van der Waals surface area contributed by atoms with Crippen molar-refractivity contribution in [2.24, 2.45) is 5.73 Å². The maximum atomic E-state index is 6.12. The first-order valence-corrected chi connectivity index (χ1v) is 7.57. The maximum absolute atomic E-state index is 6.12. The predicted octanol–water partition coefficient (Wildman–Crippen LogP) is 5.49. The van der Waals surface area contributed by atoms with Crippen LogP contribution in [0.15, 0.2) is 34.8 Å². The normalized spacial score (nSPS) is 10.4. The van der Waals surface area contributed by atoms with Crippen molar-refractivity contribution in [3.63, 3.8) is 0 Å². The third-order valence-electron chi connectivity index (χ3n) is 2.67. The van der Waals surface area contributed by atoms with Crippen LogP contribution in [0.3, 0.4) is 0 Å². The molecule has 0 atom stereocenters. The molecule has 0 aliphatic rings. The van der Waals surface area contributed by atoms with Crippen LogP contribution in [0, 0.1) is 6.92 Å². The Morgan fingerprint density at radius 2 is 1.90 bits per heavy atom. The van der Waals surface area contributed by atoms with Crippen LogP contribution in [0.25, 0.3) is 0 Å². The molecule has 0 saturated heterocycles. The molecule has 0 amide bonds. The number of benzene rings is 2. The number of hydrogen-bond acceptors (Lipinski definition) is 2. The number of thiocarbonyl (C=S) groups is 1. The molecule has 0 fully saturated rings. The lowest BCUT2D eigenvalue weighted by molar-refractivity contribution is 0.482. The van der Waals surface area contributed by atoms with Gasteiger partial charge in [0, 0.05) is 16.1 Å². The molecule has 2 N–H and O–H groups in total. The van der Waals surface area contributed by atoms with E-state index in [0.29, 0.717) is 26.5 Å². The van der Waals surface area contributed by atoms with Gasteiger partial charge in [-0.1, -0.05) is 35.4 Å². The number of hydrogen-bond donors (Lipinski definition) is 1. The summed E-state index contributed by atoms with van der Waals surface area (Å²) in [4.78, 5) is 0.360. The van der Waals surface area contributed by atoms with E-state index in [0.717, 1.165) is 15.6 Å². The second-order valence-corrected chi connectivity index (χ2v) is 6.25. The smallest absolute Gasteiger partial charge is 0.147 e. The second kappa shape index (κ2) is 6.31. The molecule has 0 spiro atoms. The first-order valence-electron chi connectivity index (χ1n) is 5.61. The summed E-state index contributed by atoms with van der Waals surface area (Å²) in [5.74, 6) is 1.13. The molecule has 0 aromatic heterocycles. The summed E-state index contributed by atoms with van der Waals surface area (Å²) in [6.45, 7) is 1.91. The van der Waals surface area contributed by atoms with E-state index in [1.54, 1.807) is 18.2 Å². The van der Waals surface area contributed by atoms with Crippen molar-refractivity contribution >= 4 is 56.3 Å². The Morgan fingerprint density at radius 3 is 2.50 bits per heavy atom. The van der Waals surface area contributed by atoms with E-state index in [2.05, 4.69) is 15.9 Å². The third-order valence-corrected chi connectivity index (χ3v) is 4.38. The van der Waals surface area contributed by atoms with Gasteiger partial charge in [0.15, 0.2) is 0 Å². The Kier molecular flexibility index (Phi) is 4.91. The number of aryl methyl sites for hydroxylation is 1. The Hall–Kier alpha value is -0.810. The monoisotopic (exact) mass is 389 g/mol. The maximum Gasteiger partial charge on any atom is 0.147 e. The Morgan fingerprint density at radius 1 is 1.20 bits per heavy atom. The summed E-state index contributed by atoms with van der Waals surface area (Å²) in [5.41, 5.74) is 7.39. The van der Waals surface area contributed by atoms with Crippen molar-refractivity contribution in [2.45, 2.75) is 6.92 Å². The van der Waals surface area contributed by atoms with Gasteiger partial charge in [-0.05, 0) is 52.7 Å². The molecule has 2 aromatic rings. The topological polar surface area (TPSA) is 35.2 Å². The Bertz CT molecular complexity index is 691. The zero-order valence-corrected chi connectivity index (χ0v) is 14.3. The molecule has 2 nitrogen and oxygen atoms in total. The summed E-state index contributed by atoms with van der Waals surface area (Å²) in [7, 11) is 0. The van der Waals surface area contributed by atoms with Crippen LogP contribution in [0.5, 0.6) is 11.5 Å². The predicted molar refractivity (Wildman–Crippen MR) is 91.3 cm³/mol. The lowest BCUT2D eigenvalue weighted by Crippen LogP contribution is -2.10. The number of halogens is 3. The van der Waals surface area contributed by atoms with Gasteiger partial charge in [0.1, 0.15) is 16.5 Å². The van der Waals surface area contributed by atoms with Gasteiger partial charge in [-0.15, -0.1) is 0 Å². The number of ether oxygens (including phenoxy) is 1. The Labute approximate surface area is 141 Å². The summed E-state index contributed by atoms with van der Waals surface area (Å²) in [6.07, 6.45) is 0. The first-order chi connectivity index (χ1) is 9.38. The molecule has 20 heavy (non-hydrogen) atoms. The van der Waals surface area contributed by atoms with Gasteiger partial charge in [0.05, 0.1) is 10.0 Å².